The van der Waals surface area contributed by atoms with E-state index in [0.717, 1.165) is 19.2 Å². The molecule has 1 saturated heterocycles. The van der Waals surface area contributed by atoms with Crippen LogP contribution in [0, 0.1) is 0 Å². The topological polar surface area (TPSA) is 69.6 Å². The van der Waals surface area contributed by atoms with Crippen molar-refractivity contribution in [2.75, 3.05) is 19.6 Å². The number of aliphatic carboxylic acids is 1. The Morgan fingerprint density at radius 3 is 2.86 bits per heavy atom. The van der Waals surface area contributed by atoms with Crippen LogP contribution < -0.4 is 5.32 Å². The second-order valence-corrected chi connectivity index (χ2v) is 6.09. The molecule has 0 aromatic carbocycles. The Labute approximate surface area is 128 Å². The lowest BCUT2D eigenvalue weighted by Crippen LogP contribution is -2.40. The molecule has 2 rings (SSSR count). The number of carboxylic acids is 1. The van der Waals surface area contributed by atoms with Crippen molar-refractivity contribution in [1.29, 1.82) is 0 Å². The number of amides is 1. The Bertz CT molecular complexity index is 533. The molecule has 1 amide bonds. The van der Waals surface area contributed by atoms with Crippen LogP contribution in [0.2, 0.25) is 0 Å². The van der Waals surface area contributed by atoms with E-state index in [1.165, 1.54) is 30.3 Å². The third-order valence-corrected chi connectivity index (χ3v) is 4.56. The van der Waals surface area contributed by atoms with E-state index in [-0.39, 0.29) is 5.91 Å². The van der Waals surface area contributed by atoms with Gasteiger partial charge in [0.2, 0.25) is 0 Å². The average molecular weight is 308 g/mol. The Morgan fingerprint density at radius 2 is 2.19 bits per heavy atom. The molecule has 1 aromatic rings. The van der Waals surface area contributed by atoms with Gasteiger partial charge in [0.25, 0.3) is 5.91 Å². The molecular weight excluding hydrogens is 288 g/mol. The average Bonchev–Trinajstić information content (AvgIpc) is 3.12. The fourth-order valence-corrected chi connectivity index (χ4v) is 3.23. The summed E-state index contributed by atoms with van der Waals surface area (Å²) in [5, 5.41) is 13.4. The van der Waals surface area contributed by atoms with E-state index in [0.29, 0.717) is 23.0 Å². The van der Waals surface area contributed by atoms with Crippen LogP contribution >= 0.6 is 11.3 Å². The Morgan fingerprint density at radius 1 is 1.48 bits per heavy atom. The number of hydrogen-bond acceptors (Lipinski definition) is 4. The predicted molar refractivity (Wildman–Crippen MR) is 83.6 cm³/mol. The van der Waals surface area contributed by atoms with Crippen LogP contribution in [0.25, 0.3) is 6.08 Å². The minimum atomic E-state index is -1.02. The number of nitrogens with zero attached hydrogens (tertiary/aromatic N) is 1. The van der Waals surface area contributed by atoms with Crippen LogP contribution in [-0.2, 0) is 4.79 Å². The number of likely N-dealkylation sites (tertiary alicyclic amines) is 1. The second-order valence-electron chi connectivity index (χ2n) is 5.18. The summed E-state index contributed by atoms with van der Waals surface area (Å²) in [5.74, 6) is -1.16. The van der Waals surface area contributed by atoms with E-state index in [1.54, 1.807) is 11.4 Å². The molecular formula is C15H20N2O3S. The fraction of sp³-hybridized carbons (Fsp3) is 0.467. The molecule has 1 atom stereocenters. The first-order chi connectivity index (χ1) is 10.1. The van der Waals surface area contributed by atoms with Gasteiger partial charge in [-0.25, -0.2) is 4.79 Å². The molecule has 0 saturated carbocycles. The highest BCUT2D eigenvalue weighted by atomic mass is 32.1. The predicted octanol–water partition coefficient (Wildman–Crippen LogP) is 2.06. The van der Waals surface area contributed by atoms with Gasteiger partial charge in [0.15, 0.2) is 0 Å². The zero-order valence-electron chi connectivity index (χ0n) is 12.0. The maximum atomic E-state index is 12.2. The molecule has 1 fully saturated rings. The van der Waals surface area contributed by atoms with Gasteiger partial charge in [0.1, 0.15) is 0 Å². The minimum absolute atomic E-state index is 0.138. The Kier molecular flexibility index (Phi) is 5.52. The van der Waals surface area contributed by atoms with Crippen LogP contribution in [0.1, 0.15) is 35.0 Å². The van der Waals surface area contributed by atoms with E-state index in [4.69, 9.17) is 5.11 Å². The summed E-state index contributed by atoms with van der Waals surface area (Å²) in [4.78, 5) is 25.7. The van der Waals surface area contributed by atoms with Gasteiger partial charge in [-0.3, -0.25) is 9.69 Å². The first kappa shape index (κ1) is 15.7. The van der Waals surface area contributed by atoms with Crippen molar-refractivity contribution in [3.8, 4) is 0 Å². The molecule has 0 aliphatic carbocycles. The van der Waals surface area contributed by atoms with Gasteiger partial charge in [0, 0.05) is 18.7 Å². The lowest BCUT2D eigenvalue weighted by molar-refractivity contribution is -0.131. The number of rotatable bonds is 6. The van der Waals surface area contributed by atoms with Crippen molar-refractivity contribution in [1.82, 2.24) is 10.2 Å². The first-order valence-electron chi connectivity index (χ1n) is 7.08. The van der Waals surface area contributed by atoms with Gasteiger partial charge in [-0.1, -0.05) is 0 Å². The molecule has 1 aromatic heterocycles. The molecule has 0 radical (unpaired) electrons. The Balaban J connectivity index is 1.91. The van der Waals surface area contributed by atoms with Crippen LogP contribution in [0.4, 0.5) is 0 Å². The standard InChI is InChI=1S/C15H20N2O3S/c1-11(17-7-2-3-8-17)10-16-15(20)14-12(6-9-21-14)4-5-13(18)19/h4-6,9,11H,2-3,7-8,10H2,1H3,(H,16,20)(H,18,19)/b5-4+. The van der Waals surface area contributed by atoms with Gasteiger partial charge in [0.05, 0.1) is 4.88 Å². The van der Waals surface area contributed by atoms with Crippen molar-refractivity contribution in [2.45, 2.75) is 25.8 Å². The third kappa shape index (κ3) is 4.41. The van der Waals surface area contributed by atoms with Crippen LogP contribution in [0.5, 0.6) is 0 Å². The van der Waals surface area contributed by atoms with Crippen molar-refractivity contribution in [3.05, 3.63) is 28.0 Å². The van der Waals surface area contributed by atoms with Gasteiger partial charge in [-0.2, -0.15) is 0 Å². The molecule has 114 valence electrons. The molecule has 0 spiro atoms. The third-order valence-electron chi connectivity index (χ3n) is 3.63. The van der Waals surface area contributed by atoms with Crippen molar-refractivity contribution in [2.24, 2.45) is 0 Å². The van der Waals surface area contributed by atoms with Gasteiger partial charge in [-0.15, -0.1) is 11.3 Å². The van der Waals surface area contributed by atoms with Gasteiger partial charge >= 0.3 is 5.97 Å². The van der Waals surface area contributed by atoms with E-state index >= 15 is 0 Å². The molecule has 0 bridgehead atoms. The number of carbonyl (C=O) groups is 2. The molecule has 2 N–H and O–H groups in total. The zero-order chi connectivity index (χ0) is 15.2. The second kappa shape index (κ2) is 7.38. The van der Waals surface area contributed by atoms with E-state index < -0.39 is 5.97 Å². The summed E-state index contributed by atoms with van der Waals surface area (Å²) in [5.41, 5.74) is 0.647. The normalized spacial score (nSPS) is 17.2. The summed E-state index contributed by atoms with van der Waals surface area (Å²) in [6.07, 6.45) is 4.96. The van der Waals surface area contributed by atoms with Crippen molar-refractivity contribution in [3.63, 3.8) is 0 Å². The highest BCUT2D eigenvalue weighted by molar-refractivity contribution is 7.12. The molecule has 6 heteroatoms. The maximum Gasteiger partial charge on any atom is 0.328 e. The largest absolute Gasteiger partial charge is 0.478 e. The molecule has 1 unspecified atom stereocenters. The maximum absolute atomic E-state index is 12.2. The quantitative estimate of drug-likeness (QED) is 0.789. The smallest absolute Gasteiger partial charge is 0.328 e. The highest BCUT2D eigenvalue weighted by Crippen LogP contribution is 2.18. The van der Waals surface area contributed by atoms with Crippen LogP contribution in [0.15, 0.2) is 17.5 Å². The molecule has 2 heterocycles. The fourth-order valence-electron chi connectivity index (χ4n) is 2.43. The number of nitrogens with one attached hydrogen (secondary N) is 1. The van der Waals surface area contributed by atoms with Crippen LogP contribution in [-0.4, -0.2) is 47.6 Å². The van der Waals surface area contributed by atoms with Gasteiger partial charge < -0.3 is 10.4 Å². The SMILES string of the molecule is CC(CNC(=O)c1sccc1/C=C/C(=O)O)N1CCCC1. The molecule has 1 aliphatic rings. The molecule has 1 aliphatic heterocycles. The monoisotopic (exact) mass is 308 g/mol. The van der Waals surface area contributed by atoms with Gasteiger partial charge in [-0.05, 0) is 55.9 Å². The number of carbonyl (C=O) groups excluding carboxylic acids is 1. The summed E-state index contributed by atoms with van der Waals surface area (Å²) < 4.78 is 0. The number of carboxylic acid groups (broad SMARTS) is 1. The lowest BCUT2D eigenvalue weighted by Gasteiger charge is -2.23. The number of hydrogen-bond donors (Lipinski definition) is 2. The summed E-state index contributed by atoms with van der Waals surface area (Å²) >= 11 is 1.32. The lowest BCUT2D eigenvalue weighted by atomic mass is 10.2. The summed E-state index contributed by atoms with van der Waals surface area (Å²) in [7, 11) is 0. The summed E-state index contributed by atoms with van der Waals surface area (Å²) in [6.45, 7) is 4.93. The van der Waals surface area contributed by atoms with E-state index in [9.17, 15) is 9.59 Å². The van der Waals surface area contributed by atoms with Crippen molar-refractivity contribution >= 4 is 29.3 Å². The minimum Gasteiger partial charge on any atom is -0.478 e. The zero-order valence-corrected chi connectivity index (χ0v) is 12.9. The van der Waals surface area contributed by atoms with E-state index in [2.05, 4.69) is 17.1 Å². The first-order valence-corrected chi connectivity index (χ1v) is 7.96. The van der Waals surface area contributed by atoms with Crippen molar-refractivity contribution < 1.29 is 14.7 Å². The molecule has 5 nitrogen and oxygen atoms in total. The van der Waals surface area contributed by atoms with Crippen LogP contribution in [0.3, 0.4) is 0 Å². The molecule has 21 heavy (non-hydrogen) atoms. The summed E-state index contributed by atoms with van der Waals surface area (Å²) in [6, 6.07) is 2.08. The Hall–Kier alpha value is -1.66. The van der Waals surface area contributed by atoms with E-state index in [1.807, 2.05) is 0 Å². The number of thiophene rings is 1. The highest BCUT2D eigenvalue weighted by Gasteiger charge is 2.19.